The fraction of sp³-hybridized carbons (Fsp3) is 0.429. The Labute approximate surface area is 112 Å². The van der Waals surface area contributed by atoms with Crippen LogP contribution in [-0.4, -0.2) is 19.7 Å². The van der Waals surface area contributed by atoms with Crippen LogP contribution in [0.2, 0.25) is 0 Å². The van der Waals surface area contributed by atoms with E-state index < -0.39 is 0 Å². The number of hydrogen-bond acceptors (Lipinski definition) is 2. The van der Waals surface area contributed by atoms with E-state index in [4.69, 9.17) is 4.74 Å². The molecule has 3 heteroatoms. The molecule has 0 unspecified atom stereocenters. The number of halogens is 1. The van der Waals surface area contributed by atoms with Crippen molar-refractivity contribution in [2.75, 3.05) is 13.7 Å². The van der Waals surface area contributed by atoms with Gasteiger partial charge in [-0.1, -0.05) is 47.5 Å². The van der Waals surface area contributed by atoms with Crippen molar-refractivity contribution in [3.63, 3.8) is 0 Å². The highest BCUT2D eigenvalue weighted by Gasteiger charge is 2.00. The van der Waals surface area contributed by atoms with Gasteiger partial charge in [-0.15, -0.1) is 0 Å². The van der Waals surface area contributed by atoms with Gasteiger partial charge < -0.3 is 10.1 Å². The first-order valence-electron chi connectivity index (χ1n) is 5.77. The largest absolute Gasteiger partial charge is 0.497 e. The molecule has 0 saturated heterocycles. The summed E-state index contributed by atoms with van der Waals surface area (Å²) in [5.41, 5.74) is 2.48. The minimum absolute atomic E-state index is 0.512. The summed E-state index contributed by atoms with van der Waals surface area (Å²) in [5, 5.41) is 3.40. The van der Waals surface area contributed by atoms with E-state index in [-0.39, 0.29) is 0 Å². The zero-order valence-electron chi connectivity index (χ0n) is 10.9. The molecule has 1 aromatic carbocycles. The number of hydrogen-bond donors (Lipinski definition) is 1. The summed E-state index contributed by atoms with van der Waals surface area (Å²) in [4.78, 5) is 0. The van der Waals surface area contributed by atoms with Crippen LogP contribution in [0.25, 0.3) is 6.08 Å². The van der Waals surface area contributed by atoms with Gasteiger partial charge in [-0.3, -0.25) is 0 Å². The second-order valence-corrected chi connectivity index (χ2v) is 5.27. The van der Waals surface area contributed by atoms with E-state index in [9.17, 15) is 0 Å². The SMILES string of the molecule is COc1ccc(/C=C(/C)CNC(C)C)c(Br)c1. The quantitative estimate of drug-likeness (QED) is 0.891. The Balaban J connectivity index is 2.76. The van der Waals surface area contributed by atoms with Gasteiger partial charge in [-0.05, 0) is 24.6 Å². The Morgan fingerprint density at radius 1 is 1.47 bits per heavy atom. The molecule has 0 spiro atoms. The summed E-state index contributed by atoms with van der Waals surface area (Å²) in [6.07, 6.45) is 2.18. The maximum atomic E-state index is 5.17. The van der Waals surface area contributed by atoms with E-state index in [2.05, 4.69) is 54.2 Å². The zero-order valence-corrected chi connectivity index (χ0v) is 12.5. The van der Waals surface area contributed by atoms with Gasteiger partial charge in [0.15, 0.2) is 0 Å². The van der Waals surface area contributed by atoms with Crippen molar-refractivity contribution in [3.8, 4) is 5.75 Å². The summed E-state index contributed by atoms with van der Waals surface area (Å²) in [7, 11) is 1.68. The lowest BCUT2D eigenvalue weighted by atomic mass is 10.1. The van der Waals surface area contributed by atoms with Gasteiger partial charge in [0.25, 0.3) is 0 Å². The Hall–Kier alpha value is -0.800. The Kier molecular flexibility index (Phi) is 5.72. The number of ether oxygens (including phenoxy) is 1. The van der Waals surface area contributed by atoms with Gasteiger partial charge in [0, 0.05) is 17.1 Å². The van der Waals surface area contributed by atoms with Crippen LogP contribution in [0.1, 0.15) is 26.3 Å². The maximum Gasteiger partial charge on any atom is 0.120 e. The molecule has 1 rings (SSSR count). The Morgan fingerprint density at radius 3 is 2.71 bits per heavy atom. The lowest BCUT2D eigenvalue weighted by Gasteiger charge is -2.09. The average molecular weight is 298 g/mol. The molecule has 0 aliphatic heterocycles. The van der Waals surface area contributed by atoms with Crippen molar-refractivity contribution in [2.24, 2.45) is 0 Å². The Bertz CT molecular complexity index is 399. The molecule has 0 amide bonds. The molecule has 0 fully saturated rings. The number of rotatable bonds is 5. The molecule has 0 atom stereocenters. The molecular formula is C14H20BrNO. The number of nitrogens with one attached hydrogen (secondary N) is 1. The minimum Gasteiger partial charge on any atom is -0.497 e. The third-order valence-electron chi connectivity index (χ3n) is 2.40. The van der Waals surface area contributed by atoms with Crippen LogP contribution in [0, 0.1) is 0 Å². The number of methoxy groups -OCH3 is 1. The summed E-state index contributed by atoms with van der Waals surface area (Å²) < 4.78 is 6.23. The topological polar surface area (TPSA) is 21.3 Å². The second kappa shape index (κ2) is 6.82. The van der Waals surface area contributed by atoms with Crippen LogP contribution in [0.4, 0.5) is 0 Å². The highest BCUT2D eigenvalue weighted by molar-refractivity contribution is 9.10. The third-order valence-corrected chi connectivity index (χ3v) is 3.09. The number of benzene rings is 1. The van der Waals surface area contributed by atoms with E-state index >= 15 is 0 Å². The summed E-state index contributed by atoms with van der Waals surface area (Å²) >= 11 is 3.55. The van der Waals surface area contributed by atoms with E-state index in [0.717, 1.165) is 16.8 Å². The average Bonchev–Trinajstić information content (AvgIpc) is 2.29. The molecule has 94 valence electrons. The first kappa shape index (κ1) is 14.3. The highest BCUT2D eigenvalue weighted by atomic mass is 79.9. The fourth-order valence-electron chi connectivity index (χ4n) is 1.43. The molecule has 0 saturated carbocycles. The fourth-order valence-corrected chi connectivity index (χ4v) is 1.91. The van der Waals surface area contributed by atoms with Crippen LogP contribution >= 0.6 is 15.9 Å². The predicted molar refractivity (Wildman–Crippen MR) is 77.5 cm³/mol. The van der Waals surface area contributed by atoms with Gasteiger partial charge in [0.2, 0.25) is 0 Å². The molecule has 0 aliphatic rings. The van der Waals surface area contributed by atoms with Crippen molar-refractivity contribution in [1.82, 2.24) is 5.32 Å². The maximum absolute atomic E-state index is 5.17. The first-order chi connectivity index (χ1) is 8.02. The van der Waals surface area contributed by atoms with Gasteiger partial charge in [-0.2, -0.15) is 0 Å². The molecule has 0 radical (unpaired) electrons. The molecule has 1 aromatic rings. The molecular weight excluding hydrogens is 278 g/mol. The van der Waals surface area contributed by atoms with Crippen LogP contribution in [0.15, 0.2) is 28.2 Å². The van der Waals surface area contributed by atoms with Crippen LogP contribution in [-0.2, 0) is 0 Å². The van der Waals surface area contributed by atoms with Crippen LogP contribution in [0.3, 0.4) is 0 Å². The van der Waals surface area contributed by atoms with E-state index in [1.165, 1.54) is 11.1 Å². The molecule has 2 nitrogen and oxygen atoms in total. The van der Waals surface area contributed by atoms with Crippen LogP contribution in [0.5, 0.6) is 5.75 Å². The molecule has 17 heavy (non-hydrogen) atoms. The molecule has 0 bridgehead atoms. The van der Waals surface area contributed by atoms with Crippen molar-refractivity contribution in [2.45, 2.75) is 26.8 Å². The lowest BCUT2D eigenvalue weighted by molar-refractivity contribution is 0.414. The molecule has 0 aromatic heterocycles. The summed E-state index contributed by atoms with van der Waals surface area (Å²) in [5.74, 6) is 0.868. The standard InChI is InChI=1S/C14H20BrNO/c1-10(2)16-9-11(3)7-12-5-6-13(17-4)8-14(12)15/h5-8,10,16H,9H2,1-4H3/b11-7-. The molecule has 0 heterocycles. The Morgan fingerprint density at radius 2 is 2.18 bits per heavy atom. The smallest absolute Gasteiger partial charge is 0.120 e. The van der Waals surface area contributed by atoms with E-state index in [1.54, 1.807) is 7.11 Å². The normalized spacial score (nSPS) is 12.0. The van der Waals surface area contributed by atoms with Gasteiger partial charge in [-0.25, -0.2) is 0 Å². The van der Waals surface area contributed by atoms with E-state index in [1.807, 2.05) is 12.1 Å². The van der Waals surface area contributed by atoms with Gasteiger partial charge in [0.1, 0.15) is 5.75 Å². The summed E-state index contributed by atoms with van der Waals surface area (Å²) in [6, 6.07) is 6.52. The summed E-state index contributed by atoms with van der Waals surface area (Å²) in [6.45, 7) is 7.34. The predicted octanol–water partition coefficient (Wildman–Crippen LogP) is 3.86. The van der Waals surface area contributed by atoms with Crippen molar-refractivity contribution in [1.29, 1.82) is 0 Å². The van der Waals surface area contributed by atoms with Crippen molar-refractivity contribution >= 4 is 22.0 Å². The monoisotopic (exact) mass is 297 g/mol. The van der Waals surface area contributed by atoms with Crippen LogP contribution < -0.4 is 10.1 Å². The third kappa shape index (κ3) is 4.92. The molecule has 0 aliphatic carbocycles. The lowest BCUT2D eigenvalue weighted by Crippen LogP contribution is -2.24. The van der Waals surface area contributed by atoms with Gasteiger partial charge in [0.05, 0.1) is 7.11 Å². The highest BCUT2D eigenvalue weighted by Crippen LogP contribution is 2.24. The van der Waals surface area contributed by atoms with E-state index in [0.29, 0.717) is 6.04 Å². The van der Waals surface area contributed by atoms with Gasteiger partial charge >= 0.3 is 0 Å². The zero-order chi connectivity index (χ0) is 12.8. The molecule has 1 N–H and O–H groups in total. The first-order valence-corrected chi connectivity index (χ1v) is 6.56. The minimum atomic E-state index is 0.512. The van der Waals surface area contributed by atoms with Crippen molar-refractivity contribution in [3.05, 3.63) is 33.8 Å². The second-order valence-electron chi connectivity index (χ2n) is 4.41. The van der Waals surface area contributed by atoms with Crippen molar-refractivity contribution < 1.29 is 4.74 Å².